The molecule has 0 amide bonds. The quantitative estimate of drug-likeness (QED) is 0.695. The Balaban J connectivity index is 1.30. The summed E-state index contributed by atoms with van der Waals surface area (Å²) in [4.78, 5) is 7.75. The molecule has 0 radical (unpaired) electrons. The molecule has 140 valence electrons. The van der Waals surface area contributed by atoms with Crippen molar-refractivity contribution < 1.29 is 17.9 Å². The van der Waals surface area contributed by atoms with Gasteiger partial charge in [0.2, 0.25) is 0 Å². The van der Waals surface area contributed by atoms with Crippen molar-refractivity contribution in [1.82, 2.24) is 15.3 Å². The molecule has 0 spiro atoms. The van der Waals surface area contributed by atoms with Gasteiger partial charge in [0.25, 0.3) is 6.43 Å². The van der Waals surface area contributed by atoms with Crippen molar-refractivity contribution in [3.8, 4) is 5.75 Å². The summed E-state index contributed by atoms with van der Waals surface area (Å²) in [6, 6.07) is 8.00. The maximum Gasteiger partial charge on any atom is 0.280 e. The number of benzene rings is 1. The Kier molecular flexibility index (Phi) is 4.94. The maximum atomic E-state index is 14.2. The highest BCUT2D eigenvalue weighted by molar-refractivity contribution is 5.84. The van der Waals surface area contributed by atoms with Crippen LogP contribution in [-0.4, -0.2) is 22.1 Å². The average Bonchev–Trinajstić information content (AvgIpc) is 2.65. The molecule has 1 aliphatic carbocycles. The van der Waals surface area contributed by atoms with Gasteiger partial charge in [-0.15, -0.1) is 0 Å². The van der Waals surface area contributed by atoms with E-state index in [0.717, 1.165) is 23.6 Å². The van der Waals surface area contributed by atoms with Gasteiger partial charge >= 0.3 is 0 Å². The Bertz CT molecular complexity index is 927. The number of halogens is 3. The van der Waals surface area contributed by atoms with Gasteiger partial charge in [-0.2, -0.15) is 0 Å². The maximum absolute atomic E-state index is 14.2. The first-order valence-corrected chi connectivity index (χ1v) is 8.75. The minimum Gasteiger partial charge on any atom is -0.489 e. The summed E-state index contributed by atoms with van der Waals surface area (Å²) in [7, 11) is 0. The zero-order valence-electron chi connectivity index (χ0n) is 14.4. The highest BCUT2D eigenvalue weighted by atomic mass is 19.3. The van der Waals surface area contributed by atoms with E-state index < -0.39 is 6.43 Å². The second-order valence-corrected chi connectivity index (χ2v) is 6.63. The van der Waals surface area contributed by atoms with Crippen LogP contribution in [0.4, 0.5) is 13.2 Å². The number of alkyl halides is 2. The summed E-state index contributed by atoms with van der Waals surface area (Å²) in [5, 5.41) is 5.12. The van der Waals surface area contributed by atoms with Gasteiger partial charge in [-0.1, -0.05) is 0 Å². The lowest BCUT2D eigenvalue weighted by Crippen LogP contribution is -2.46. The second kappa shape index (κ2) is 7.52. The SMILES string of the molecule is Fc1ccc2cnccc2c1CN[C@H]1C[C@H](Oc2ccc(C(F)F)nc2)C1. The van der Waals surface area contributed by atoms with Crippen LogP contribution in [0.2, 0.25) is 0 Å². The van der Waals surface area contributed by atoms with Crippen molar-refractivity contribution in [2.75, 3.05) is 0 Å². The van der Waals surface area contributed by atoms with Crippen LogP contribution in [0.15, 0.2) is 48.9 Å². The number of hydrogen-bond donors (Lipinski definition) is 1. The van der Waals surface area contributed by atoms with Crippen LogP contribution in [-0.2, 0) is 6.54 Å². The molecule has 4 nitrogen and oxygen atoms in total. The van der Waals surface area contributed by atoms with Crippen molar-refractivity contribution in [2.24, 2.45) is 0 Å². The van der Waals surface area contributed by atoms with Crippen molar-refractivity contribution in [3.05, 3.63) is 66.0 Å². The molecule has 2 aromatic heterocycles. The first kappa shape index (κ1) is 17.7. The van der Waals surface area contributed by atoms with Gasteiger partial charge in [-0.05, 0) is 48.6 Å². The molecule has 0 bridgehead atoms. The molecule has 1 saturated carbocycles. The fraction of sp³-hybridized carbons (Fsp3) is 0.300. The van der Waals surface area contributed by atoms with Crippen molar-refractivity contribution in [1.29, 1.82) is 0 Å². The van der Waals surface area contributed by atoms with Gasteiger partial charge in [0.05, 0.1) is 6.20 Å². The third kappa shape index (κ3) is 3.88. The zero-order valence-corrected chi connectivity index (χ0v) is 14.4. The molecule has 7 heteroatoms. The fourth-order valence-electron chi connectivity index (χ4n) is 3.24. The van der Waals surface area contributed by atoms with Crippen molar-refractivity contribution in [2.45, 2.75) is 38.0 Å². The van der Waals surface area contributed by atoms with Gasteiger partial charge in [-0.25, -0.2) is 13.2 Å². The van der Waals surface area contributed by atoms with Crippen LogP contribution >= 0.6 is 0 Å². The number of nitrogens with one attached hydrogen (secondary N) is 1. The van der Waals surface area contributed by atoms with Gasteiger partial charge in [0, 0.05) is 35.9 Å². The van der Waals surface area contributed by atoms with Crippen LogP contribution in [0.3, 0.4) is 0 Å². The highest BCUT2D eigenvalue weighted by Crippen LogP contribution is 2.28. The Morgan fingerprint density at radius 3 is 2.70 bits per heavy atom. The largest absolute Gasteiger partial charge is 0.489 e. The van der Waals surface area contributed by atoms with E-state index in [1.54, 1.807) is 18.5 Å². The van der Waals surface area contributed by atoms with E-state index in [-0.39, 0.29) is 23.7 Å². The molecular formula is C20H18F3N3O. The number of hydrogen-bond acceptors (Lipinski definition) is 4. The molecule has 27 heavy (non-hydrogen) atoms. The Hall–Kier alpha value is -2.67. The number of nitrogens with zero attached hydrogens (tertiary/aromatic N) is 2. The topological polar surface area (TPSA) is 47.0 Å². The van der Waals surface area contributed by atoms with Crippen LogP contribution in [0, 0.1) is 5.82 Å². The highest BCUT2D eigenvalue weighted by Gasteiger charge is 2.30. The molecule has 3 aromatic rings. The van der Waals surface area contributed by atoms with E-state index in [1.165, 1.54) is 24.4 Å². The normalized spacial score (nSPS) is 19.3. The molecule has 1 N–H and O–H groups in total. The van der Waals surface area contributed by atoms with Crippen LogP contribution in [0.25, 0.3) is 10.8 Å². The van der Waals surface area contributed by atoms with E-state index in [2.05, 4.69) is 15.3 Å². The molecule has 0 aliphatic heterocycles. The fourth-order valence-corrected chi connectivity index (χ4v) is 3.24. The van der Waals surface area contributed by atoms with E-state index in [9.17, 15) is 13.2 Å². The molecule has 0 atom stereocenters. The minimum absolute atomic E-state index is 0.00302. The van der Waals surface area contributed by atoms with Crippen LogP contribution in [0.1, 0.15) is 30.5 Å². The predicted octanol–water partition coefficient (Wildman–Crippen LogP) is 4.41. The average molecular weight is 373 g/mol. The zero-order chi connectivity index (χ0) is 18.8. The van der Waals surface area contributed by atoms with Crippen molar-refractivity contribution >= 4 is 10.8 Å². The van der Waals surface area contributed by atoms with Gasteiger partial charge < -0.3 is 10.1 Å². The lowest BCUT2D eigenvalue weighted by Gasteiger charge is -2.36. The Morgan fingerprint density at radius 1 is 1.11 bits per heavy atom. The smallest absolute Gasteiger partial charge is 0.280 e. The molecule has 2 heterocycles. The summed E-state index contributed by atoms with van der Waals surface area (Å²) in [6.07, 6.45) is 3.66. The summed E-state index contributed by atoms with van der Waals surface area (Å²) < 4.78 is 44.9. The summed E-state index contributed by atoms with van der Waals surface area (Å²) in [5.41, 5.74) is 0.369. The molecule has 1 aliphatic rings. The lowest BCUT2D eigenvalue weighted by molar-refractivity contribution is 0.0835. The third-order valence-corrected chi connectivity index (χ3v) is 4.82. The number of ether oxygens (including phenoxy) is 1. The van der Waals surface area contributed by atoms with Gasteiger partial charge in [0.1, 0.15) is 23.4 Å². The Labute approximate surface area is 154 Å². The molecular weight excluding hydrogens is 355 g/mol. The van der Waals surface area contributed by atoms with E-state index in [1.807, 2.05) is 6.07 Å². The first-order chi connectivity index (χ1) is 13.1. The van der Waals surface area contributed by atoms with Crippen LogP contribution in [0.5, 0.6) is 5.75 Å². The van der Waals surface area contributed by atoms with Crippen LogP contribution < -0.4 is 10.1 Å². The van der Waals surface area contributed by atoms with Gasteiger partial charge in [0.15, 0.2) is 0 Å². The third-order valence-electron chi connectivity index (χ3n) is 4.82. The molecule has 1 fully saturated rings. The first-order valence-electron chi connectivity index (χ1n) is 8.75. The number of rotatable bonds is 6. The standard InChI is InChI=1S/C20H18F3N3O/c21-18-3-1-12-9-24-6-5-16(12)17(18)11-25-13-7-15(8-13)27-14-2-4-19(20(22)23)26-10-14/h1-6,9-10,13,15,20,25H,7-8,11H2/t13-,15-. The summed E-state index contributed by atoms with van der Waals surface area (Å²) in [6.45, 7) is 0.426. The lowest BCUT2D eigenvalue weighted by atomic mass is 9.89. The summed E-state index contributed by atoms with van der Waals surface area (Å²) >= 11 is 0. The minimum atomic E-state index is -2.58. The predicted molar refractivity (Wildman–Crippen MR) is 95.2 cm³/mol. The van der Waals surface area contributed by atoms with Crippen molar-refractivity contribution in [3.63, 3.8) is 0 Å². The van der Waals surface area contributed by atoms with E-state index in [0.29, 0.717) is 17.9 Å². The molecule has 0 saturated heterocycles. The molecule has 1 aromatic carbocycles. The molecule has 4 rings (SSSR count). The second-order valence-electron chi connectivity index (χ2n) is 6.63. The number of fused-ring (bicyclic) bond motifs is 1. The molecule has 0 unspecified atom stereocenters. The summed E-state index contributed by atoms with van der Waals surface area (Å²) in [5.74, 6) is 0.244. The monoisotopic (exact) mass is 373 g/mol. The number of pyridine rings is 2. The van der Waals surface area contributed by atoms with Gasteiger partial charge in [-0.3, -0.25) is 9.97 Å². The Morgan fingerprint density at radius 2 is 1.96 bits per heavy atom. The van der Waals surface area contributed by atoms with E-state index >= 15 is 0 Å². The number of aromatic nitrogens is 2. The van der Waals surface area contributed by atoms with E-state index in [4.69, 9.17) is 4.74 Å².